The Hall–Kier alpha value is -0.120. The summed E-state index contributed by atoms with van der Waals surface area (Å²) in [5.74, 6) is 0. The molecule has 0 rings (SSSR count). The fraction of sp³-hybridized carbons (Fsp3) is 1.00. The van der Waals surface area contributed by atoms with Gasteiger partial charge in [0.15, 0.2) is 0 Å². The van der Waals surface area contributed by atoms with Gasteiger partial charge in [-0.05, 0) is 0 Å². The predicted molar refractivity (Wildman–Crippen MR) is 28.8 cm³/mol. The Bertz CT molecular complexity index is 26.1. The van der Waals surface area contributed by atoms with Crippen LogP contribution in [0.25, 0.3) is 0 Å². The van der Waals surface area contributed by atoms with Crippen molar-refractivity contribution in [3.05, 3.63) is 0 Å². The molecule has 3 nitrogen and oxygen atoms in total. The summed E-state index contributed by atoms with van der Waals surface area (Å²) in [6.45, 7) is 2.28. The van der Waals surface area contributed by atoms with Crippen LogP contribution in [-0.2, 0) is 0 Å². The summed E-state index contributed by atoms with van der Waals surface area (Å²) in [4.78, 5) is 0. The van der Waals surface area contributed by atoms with Gasteiger partial charge in [-0.1, -0.05) is 0 Å². The Balaban J connectivity index is 2.45. The molecule has 7 heavy (non-hydrogen) atoms. The van der Waals surface area contributed by atoms with Gasteiger partial charge in [-0.2, -0.15) is 0 Å². The summed E-state index contributed by atoms with van der Waals surface area (Å²) >= 11 is 0. The summed E-state index contributed by atoms with van der Waals surface area (Å²) in [6.07, 6.45) is 0. The second-order valence-electron chi connectivity index (χ2n) is 1.25. The van der Waals surface area contributed by atoms with Gasteiger partial charge in [-0.3, -0.25) is 11.5 Å². The van der Waals surface area contributed by atoms with Gasteiger partial charge in [0.2, 0.25) is 0 Å². The van der Waals surface area contributed by atoms with Crippen LogP contribution in [0.5, 0.6) is 0 Å². The smallest absolute Gasteiger partial charge is 0.0225 e. The van der Waals surface area contributed by atoms with E-state index in [2.05, 4.69) is 5.32 Å². The predicted octanol–water partition coefficient (Wildman–Crippen LogP) is -0.858. The van der Waals surface area contributed by atoms with Crippen molar-refractivity contribution in [3.63, 3.8) is 0 Å². The maximum atomic E-state index is 6.66. The topological polar surface area (TPSA) is 59.6 Å². The van der Waals surface area contributed by atoms with Crippen molar-refractivity contribution in [2.75, 3.05) is 26.2 Å². The van der Waals surface area contributed by atoms with E-state index in [9.17, 15) is 0 Å². The highest BCUT2D eigenvalue weighted by molar-refractivity contribution is 4.44. The van der Waals surface area contributed by atoms with E-state index in [1.54, 1.807) is 0 Å². The maximum absolute atomic E-state index is 6.66. The molecule has 0 amide bonds. The lowest BCUT2D eigenvalue weighted by Gasteiger charge is -1.94. The molecule has 0 unspecified atom stereocenters. The van der Waals surface area contributed by atoms with Gasteiger partial charge in [0.05, 0.1) is 0 Å². The molecule has 42 valence electrons. The zero-order chi connectivity index (χ0) is 5.54. The van der Waals surface area contributed by atoms with E-state index in [0.29, 0.717) is 13.1 Å². The van der Waals surface area contributed by atoms with Crippen molar-refractivity contribution >= 4 is 0 Å². The third-order valence-corrected chi connectivity index (χ3v) is 0.604. The Morgan fingerprint density at radius 3 is 1.71 bits per heavy atom. The van der Waals surface area contributed by atoms with Crippen LogP contribution in [0.15, 0.2) is 0 Å². The number of hydrogen-bond acceptors (Lipinski definition) is 1. The van der Waals surface area contributed by atoms with Crippen molar-refractivity contribution in [2.45, 2.75) is 0 Å². The van der Waals surface area contributed by atoms with Crippen LogP contribution >= 0.6 is 0 Å². The van der Waals surface area contributed by atoms with Gasteiger partial charge in [0, 0.05) is 26.2 Å². The van der Waals surface area contributed by atoms with Crippen LogP contribution in [0.1, 0.15) is 0 Å². The molecular weight excluding hydrogens is 90.1 g/mol. The molecule has 0 bridgehead atoms. The molecule has 0 aromatic carbocycles. The van der Waals surface area contributed by atoms with E-state index in [0.717, 1.165) is 13.1 Å². The molecule has 3 N–H and O–H groups in total. The van der Waals surface area contributed by atoms with Crippen molar-refractivity contribution in [3.8, 4) is 0 Å². The highest BCUT2D eigenvalue weighted by atomic mass is 14.9. The molecule has 0 heterocycles. The van der Waals surface area contributed by atoms with Crippen molar-refractivity contribution in [1.29, 1.82) is 0 Å². The average Bonchev–Trinajstić information content (AvgIpc) is 1.69. The zero-order valence-electron chi connectivity index (χ0n) is 4.33. The third-order valence-electron chi connectivity index (χ3n) is 0.604. The van der Waals surface area contributed by atoms with Gasteiger partial charge in [0.25, 0.3) is 0 Å². The lowest BCUT2D eigenvalue weighted by atomic mass is 10.6. The molecule has 0 atom stereocenters. The first kappa shape index (κ1) is 6.88. The Labute approximate surface area is 44.1 Å². The molecule has 0 aromatic rings. The van der Waals surface area contributed by atoms with Gasteiger partial charge in [-0.25, -0.2) is 0 Å². The Kier molecular flexibility index (Phi) is 5.78. The highest BCUT2D eigenvalue weighted by Crippen LogP contribution is 1.52. The largest absolute Gasteiger partial charge is 0.314 e. The van der Waals surface area contributed by atoms with E-state index in [1.165, 1.54) is 0 Å². The first-order valence-corrected chi connectivity index (χ1v) is 2.41. The lowest BCUT2D eigenvalue weighted by Crippen LogP contribution is -2.22. The van der Waals surface area contributed by atoms with Gasteiger partial charge >= 0.3 is 0 Å². The standard InChI is InChI=1S/C4H11N3/c5-1-3-7-4-2-6/h5-7H,1-4H2. The van der Waals surface area contributed by atoms with Crippen LogP contribution in [0.2, 0.25) is 0 Å². The maximum Gasteiger partial charge on any atom is 0.0225 e. The first-order chi connectivity index (χ1) is 3.41. The van der Waals surface area contributed by atoms with E-state index in [4.69, 9.17) is 11.5 Å². The van der Waals surface area contributed by atoms with Crippen LogP contribution < -0.4 is 16.8 Å². The summed E-state index contributed by atoms with van der Waals surface area (Å²) < 4.78 is 0. The van der Waals surface area contributed by atoms with Gasteiger partial charge < -0.3 is 5.32 Å². The van der Waals surface area contributed by atoms with Crippen molar-refractivity contribution in [2.24, 2.45) is 0 Å². The third kappa shape index (κ3) is 5.88. The van der Waals surface area contributed by atoms with E-state index in [1.807, 2.05) is 0 Å². The second kappa shape index (κ2) is 5.88. The number of rotatable bonds is 4. The van der Waals surface area contributed by atoms with Crippen molar-refractivity contribution in [1.82, 2.24) is 16.8 Å². The molecule has 0 aromatic heterocycles. The average molecular weight is 101 g/mol. The molecule has 3 heteroatoms. The fourth-order valence-corrected chi connectivity index (χ4v) is 0.302. The SMILES string of the molecule is [NH]CCNCC[NH]. The Morgan fingerprint density at radius 1 is 1.00 bits per heavy atom. The molecule has 0 fully saturated rings. The summed E-state index contributed by atoms with van der Waals surface area (Å²) in [7, 11) is 0. The summed E-state index contributed by atoms with van der Waals surface area (Å²) in [5, 5.41) is 2.91. The monoisotopic (exact) mass is 101 g/mol. The molecular formula is C4H11N3. The quantitative estimate of drug-likeness (QED) is 0.460. The highest BCUT2D eigenvalue weighted by Gasteiger charge is 1.77. The van der Waals surface area contributed by atoms with Crippen LogP contribution in [0, 0.1) is 0 Å². The zero-order valence-corrected chi connectivity index (χ0v) is 4.33. The molecule has 0 aliphatic heterocycles. The van der Waals surface area contributed by atoms with E-state index in [-0.39, 0.29) is 0 Å². The minimum atomic E-state index is 0.417. The minimum Gasteiger partial charge on any atom is -0.314 e. The normalized spacial score (nSPS) is 9.43. The number of nitrogens with one attached hydrogen (secondary N) is 3. The number of hydrogen-bond donors (Lipinski definition) is 1. The van der Waals surface area contributed by atoms with Gasteiger partial charge in [-0.15, -0.1) is 0 Å². The van der Waals surface area contributed by atoms with Crippen LogP contribution in [0.3, 0.4) is 0 Å². The summed E-state index contributed by atoms with van der Waals surface area (Å²) in [6, 6.07) is 0. The Morgan fingerprint density at radius 2 is 1.43 bits per heavy atom. The van der Waals surface area contributed by atoms with Crippen LogP contribution in [-0.4, -0.2) is 26.2 Å². The summed E-state index contributed by atoms with van der Waals surface area (Å²) in [5.41, 5.74) is 13.3. The minimum absolute atomic E-state index is 0.417. The fourth-order valence-electron chi connectivity index (χ4n) is 0.302. The lowest BCUT2D eigenvalue weighted by molar-refractivity contribution is 0.685. The molecule has 0 spiro atoms. The van der Waals surface area contributed by atoms with Gasteiger partial charge in [0.1, 0.15) is 0 Å². The molecule has 0 aliphatic rings. The van der Waals surface area contributed by atoms with E-state index >= 15 is 0 Å². The first-order valence-electron chi connectivity index (χ1n) is 2.41. The molecule has 0 saturated heterocycles. The van der Waals surface area contributed by atoms with E-state index < -0.39 is 0 Å². The molecule has 0 saturated carbocycles. The van der Waals surface area contributed by atoms with Crippen molar-refractivity contribution < 1.29 is 0 Å². The molecule has 2 radical (unpaired) electrons. The second-order valence-corrected chi connectivity index (χ2v) is 1.25. The van der Waals surface area contributed by atoms with Crippen LogP contribution in [0.4, 0.5) is 0 Å². The molecule has 0 aliphatic carbocycles.